The molecule has 1 heterocycles. The summed E-state index contributed by atoms with van der Waals surface area (Å²) in [6.45, 7) is 6.89. The number of nitrogens with one attached hydrogen (secondary N) is 1. The van der Waals surface area contributed by atoms with Gasteiger partial charge in [-0.2, -0.15) is 5.10 Å². The first-order chi connectivity index (χ1) is 12.9. The average molecular weight is 384 g/mol. The Balaban J connectivity index is 1.73. The molecule has 2 aromatic carbocycles. The first kappa shape index (κ1) is 19.2. The number of aromatic nitrogens is 2. The molecule has 0 amide bonds. The van der Waals surface area contributed by atoms with E-state index in [-0.39, 0.29) is 4.90 Å². The van der Waals surface area contributed by atoms with E-state index in [2.05, 4.69) is 23.7 Å². The van der Waals surface area contributed by atoms with E-state index in [9.17, 15) is 8.42 Å². The molecule has 3 aromatic rings. The van der Waals surface area contributed by atoms with Gasteiger partial charge in [0.2, 0.25) is 0 Å². The molecule has 6 heteroatoms. The van der Waals surface area contributed by atoms with Gasteiger partial charge in [0.05, 0.1) is 23.3 Å². The second-order valence-electron chi connectivity index (χ2n) is 6.84. The van der Waals surface area contributed by atoms with Crippen molar-refractivity contribution in [3.63, 3.8) is 0 Å². The minimum absolute atomic E-state index is 0.251. The van der Waals surface area contributed by atoms with Crippen LogP contribution in [0.25, 0.3) is 0 Å². The van der Waals surface area contributed by atoms with Crippen LogP contribution in [0.15, 0.2) is 65.8 Å². The molecule has 0 fully saturated rings. The Bertz CT molecular complexity index is 1010. The van der Waals surface area contributed by atoms with Crippen molar-refractivity contribution >= 4 is 15.7 Å². The van der Waals surface area contributed by atoms with E-state index < -0.39 is 10.0 Å². The van der Waals surface area contributed by atoms with Gasteiger partial charge in [-0.05, 0) is 48.1 Å². The Morgan fingerprint density at radius 3 is 2.48 bits per heavy atom. The van der Waals surface area contributed by atoms with Gasteiger partial charge in [-0.15, -0.1) is 0 Å². The fourth-order valence-electron chi connectivity index (χ4n) is 2.89. The molecule has 142 valence electrons. The first-order valence-corrected chi connectivity index (χ1v) is 10.6. The maximum atomic E-state index is 12.6. The van der Waals surface area contributed by atoms with Crippen LogP contribution < -0.4 is 4.72 Å². The van der Waals surface area contributed by atoms with Crippen molar-refractivity contribution in [2.45, 2.75) is 44.6 Å². The predicted octanol–water partition coefficient (Wildman–Crippen LogP) is 4.55. The second-order valence-corrected chi connectivity index (χ2v) is 8.52. The highest BCUT2D eigenvalue weighted by atomic mass is 32.2. The highest BCUT2D eigenvalue weighted by molar-refractivity contribution is 7.92. The molecule has 0 aliphatic rings. The van der Waals surface area contributed by atoms with Crippen LogP contribution in [0, 0.1) is 6.92 Å². The molecule has 0 spiro atoms. The third kappa shape index (κ3) is 4.57. The maximum absolute atomic E-state index is 12.6. The van der Waals surface area contributed by atoms with Crippen molar-refractivity contribution in [3.8, 4) is 0 Å². The largest absolute Gasteiger partial charge is 0.276 e. The maximum Gasteiger partial charge on any atom is 0.261 e. The van der Waals surface area contributed by atoms with Crippen LogP contribution in [0.4, 0.5) is 5.69 Å². The van der Waals surface area contributed by atoms with Crippen LogP contribution in [0.1, 0.15) is 42.9 Å². The SMILES string of the molecule is CC[C@H](C)c1ccc(S(=O)(=O)Nc2cnn(Cc3ccccc3C)c2)cc1. The fraction of sp³-hybridized carbons (Fsp3) is 0.286. The Kier molecular flexibility index (Phi) is 5.65. The van der Waals surface area contributed by atoms with Gasteiger partial charge in [0.1, 0.15) is 0 Å². The molecular weight excluding hydrogens is 358 g/mol. The molecule has 1 aromatic heterocycles. The Morgan fingerprint density at radius 2 is 1.81 bits per heavy atom. The van der Waals surface area contributed by atoms with Gasteiger partial charge >= 0.3 is 0 Å². The molecule has 0 unspecified atom stereocenters. The van der Waals surface area contributed by atoms with E-state index in [1.54, 1.807) is 23.0 Å². The lowest BCUT2D eigenvalue weighted by molar-refractivity contribution is 0.601. The first-order valence-electron chi connectivity index (χ1n) is 9.09. The van der Waals surface area contributed by atoms with E-state index in [1.165, 1.54) is 11.8 Å². The van der Waals surface area contributed by atoms with Gasteiger partial charge in [0.25, 0.3) is 10.0 Å². The zero-order chi connectivity index (χ0) is 19.4. The third-order valence-corrected chi connectivity index (χ3v) is 6.25. The minimum Gasteiger partial charge on any atom is -0.276 e. The van der Waals surface area contributed by atoms with E-state index in [0.717, 1.165) is 17.5 Å². The summed E-state index contributed by atoms with van der Waals surface area (Å²) in [6.07, 6.45) is 4.26. The number of nitrogens with zero attached hydrogens (tertiary/aromatic N) is 2. The van der Waals surface area contributed by atoms with Crippen LogP contribution in [0.2, 0.25) is 0 Å². The number of sulfonamides is 1. The van der Waals surface area contributed by atoms with Crippen LogP contribution >= 0.6 is 0 Å². The van der Waals surface area contributed by atoms with E-state index in [0.29, 0.717) is 18.2 Å². The average Bonchev–Trinajstić information content (AvgIpc) is 3.09. The quantitative estimate of drug-likeness (QED) is 0.651. The smallest absolute Gasteiger partial charge is 0.261 e. The Morgan fingerprint density at radius 1 is 1.11 bits per heavy atom. The molecule has 27 heavy (non-hydrogen) atoms. The monoisotopic (exact) mass is 383 g/mol. The summed E-state index contributed by atoms with van der Waals surface area (Å²) in [5.74, 6) is 0.411. The minimum atomic E-state index is -3.63. The molecule has 5 nitrogen and oxygen atoms in total. The van der Waals surface area contributed by atoms with Crippen molar-refractivity contribution < 1.29 is 8.42 Å². The summed E-state index contributed by atoms with van der Waals surface area (Å²) < 4.78 is 29.6. The van der Waals surface area contributed by atoms with Crippen molar-refractivity contribution in [2.24, 2.45) is 0 Å². The second kappa shape index (κ2) is 7.96. The number of rotatable bonds is 7. The van der Waals surface area contributed by atoms with Gasteiger partial charge in [0, 0.05) is 6.20 Å². The predicted molar refractivity (Wildman–Crippen MR) is 108 cm³/mol. The van der Waals surface area contributed by atoms with Crippen LogP contribution in [-0.4, -0.2) is 18.2 Å². The summed E-state index contributed by atoms with van der Waals surface area (Å²) in [5.41, 5.74) is 3.92. The molecule has 1 atom stereocenters. The standard InChI is InChI=1S/C21H25N3O2S/c1-4-16(2)18-9-11-21(12-10-18)27(25,26)23-20-13-22-24(15-20)14-19-8-6-5-7-17(19)3/h5-13,15-16,23H,4,14H2,1-3H3/t16-/m0/s1. The van der Waals surface area contributed by atoms with Crippen molar-refractivity contribution in [3.05, 3.63) is 77.6 Å². The lowest BCUT2D eigenvalue weighted by atomic mass is 9.99. The normalized spacial score (nSPS) is 12.7. The molecule has 0 aliphatic carbocycles. The van der Waals surface area contributed by atoms with Gasteiger partial charge in [-0.3, -0.25) is 9.40 Å². The molecule has 3 rings (SSSR count). The molecular formula is C21H25N3O2S. The number of hydrogen-bond acceptors (Lipinski definition) is 3. The number of benzene rings is 2. The summed E-state index contributed by atoms with van der Waals surface area (Å²) in [7, 11) is -3.63. The molecule has 0 aliphatic heterocycles. The number of hydrogen-bond donors (Lipinski definition) is 1. The molecule has 0 saturated heterocycles. The van der Waals surface area contributed by atoms with Crippen molar-refractivity contribution in [2.75, 3.05) is 4.72 Å². The fourth-order valence-corrected chi connectivity index (χ4v) is 3.92. The zero-order valence-corrected chi connectivity index (χ0v) is 16.7. The Labute approximate surface area is 161 Å². The summed E-state index contributed by atoms with van der Waals surface area (Å²) in [6, 6.07) is 15.1. The third-order valence-electron chi connectivity index (χ3n) is 4.85. The molecule has 0 radical (unpaired) electrons. The van der Waals surface area contributed by atoms with Crippen LogP contribution in [0.3, 0.4) is 0 Å². The summed E-state index contributed by atoms with van der Waals surface area (Å²) >= 11 is 0. The topological polar surface area (TPSA) is 64.0 Å². The van der Waals surface area contributed by atoms with Gasteiger partial charge < -0.3 is 0 Å². The van der Waals surface area contributed by atoms with Crippen LogP contribution in [0.5, 0.6) is 0 Å². The lowest BCUT2D eigenvalue weighted by Crippen LogP contribution is -2.12. The number of anilines is 1. The van der Waals surface area contributed by atoms with Crippen LogP contribution in [-0.2, 0) is 16.6 Å². The summed E-state index contributed by atoms with van der Waals surface area (Å²) in [5, 5.41) is 4.27. The molecule has 1 N–H and O–H groups in total. The van der Waals surface area contributed by atoms with E-state index >= 15 is 0 Å². The van der Waals surface area contributed by atoms with E-state index in [1.807, 2.05) is 43.3 Å². The van der Waals surface area contributed by atoms with Crippen molar-refractivity contribution in [1.29, 1.82) is 0 Å². The molecule has 0 saturated carbocycles. The zero-order valence-electron chi connectivity index (χ0n) is 15.9. The molecule has 0 bridgehead atoms. The Hall–Kier alpha value is -2.60. The van der Waals surface area contributed by atoms with Gasteiger partial charge in [-0.25, -0.2) is 8.42 Å². The van der Waals surface area contributed by atoms with Crippen molar-refractivity contribution in [1.82, 2.24) is 9.78 Å². The van der Waals surface area contributed by atoms with E-state index in [4.69, 9.17) is 0 Å². The van der Waals surface area contributed by atoms with Gasteiger partial charge in [-0.1, -0.05) is 50.2 Å². The lowest BCUT2D eigenvalue weighted by Gasteiger charge is -2.10. The highest BCUT2D eigenvalue weighted by Gasteiger charge is 2.16. The number of aryl methyl sites for hydroxylation is 1. The highest BCUT2D eigenvalue weighted by Crippen LogP contribution is 2.22. The summed E-state index contributed by atoms with van der Waals surface area (Å²) in [4.78, 5) is 0.251. The van der Waals surface area contributed by atoms with Gasteiger partial charge in [0.15, 0.2) is 0 Å².